The molecule has 3 N–H and O–H groups in total. The molecule has 0 radical (unpaired) electrons. The summed E-state index contributed by atoms with van der Waals surface area (Å²) >= 11 is 0. The quantitative estimate of drug-likeness (QED) is 0.507. The van der Waals surface area contributed by atoms with Crippen LogP contribution in [0.1, 0.15) is 32.8 Å². The van der Waals surface area contributed by atoms with Crippen molar-refractivity contribution in [2.24, 2.45) is 0 Å². The maximum atomic E-state index is 14.8. The molecule has 4 rings (SSSR count). The van der Waals surface area contributed by atoms with Gasteiger partial charge >= 0.3 is 0 Å². The Bertz CT molecular complexity index is 1140. The smallest absolute Gasteiger partial charge is 0.227 e. The number of benzene rings is 2. The number of anilines is 4. The van der Waals surface area contributed by atoms with Gasteiger partial charge < -0.3 is 20.7 Å². The predicted octanol–water partition coefficient (Wildman–Crippen LogP) is 5.31. The summed E-state index contributed by atoms with van der Waals surface area (Å²) in [6.07, 6.45) is 2.97. The molecule has 0 aliphatic carbocycles. The number of nitrogens with one attached hydrogen (secondary N) is 1. The number of nitrogen functional groups attached to an aromatic ring is 1. The summed E-state index contributed by atoms with van der Waals surface area (Å²) in [4.78, 5) is 10.4. The molecule has 0 unspecified atom stereocenters. The van der Waals surface area contributed by atoms with Gasteiger partial charge in [0.15, 0.2) is 17.4 Å². The summed E-state index contributed by atoms with van der Waals surface area (Å²) in [6.45, 7) is 7.16. The van der Waals surface area contributed by atoms with E-state index in [0.717, 1.165) is 24.6 Å². The summed E-state index contributed by atoms with van der Waals surface area (Å²) in [7, 11) is 0. The lowest BCUT2D eigenvalue weighted by molar-refractivity contribution is 0.287. The van der Waals surface area contributed by atoms with E-state index in [2.05, 4.69) is 22.2 Å². The Morgan fingerprint density at radius 3 is 2.72 bits per heavy atom. The van der Waals surface area contributed by atoms with Crippen molar-refractivity contribution in [2.45, 2.75) is 39.7 Å². The monoisotopic (exact) mass is 439 g/mol. The van der Waals surface area contributed by atoms with Crippen LogP contribution >= 0.6 is 0 Å². The van der Waals surface area contributed by atoms with E-state index in [-0.39, 0.29) is 23.4 Å². The zero-order chi connectivity index (χ0) is 22.8. The van der Waals surface area contributed by atoms with Gasteiger partial charge in [0, 0.05) is 23.0 Å². The van der Waals surface area contributed by atoms with E-state index in [0.29, 0.717) is 35.8 Å². The third-order valence-electron chi connectivity index (χ3n) is 5.47. The number of rotatable bonds is 6. The molecule has 32 heavy (non-hydrogen) atoms. The normalized spacial score (nSPS) is 13.1. The van der Waals surface area contributed by atoms with E-state index >= 15 is 0 Å². The molecule has 0 bridgehead atoms. The molecule has 2 heterocycles. The van der Waals surface area contributed by atoms with Gasteiger partial charge in [-0.05, 0) is 50.1 Å². The van der Waals surface area contributed by atoms with Gasteiger partial charge in [-0.2, -0.15) is 0 Å². The zero-order valence-corrected chi connectivity index (χ0v) is 18.5. The van der Waals surface area contributed by atoms with Crippen molar-refractivity contribution in [3.05, 3.63) is 53.7 Å². The molecule has 3 aromatic rings. The van der Waals surface area contributed by atoms with Gasteiger partial charge in [0.1, 0.15) is 12.3 Å². The average molecular weight is 440 g/mol. The van der Waals surface area contributed by atoms with Crippen molar-refractivity contribution in [1.29, 1.82) is 0 Å². The molecule has 1 aliphatic heterocycles. The average Bonchev–Trinajstić information content (AvgIpc) is 2.76. The Labute approximate surface area is 186 Å². The van der Waals surface area contributed by atoms with Crippen LogP contribution < -0.4 is 20.7 Å². The number of hydrogen-bond donors (Lipinski definition) is 2. The van der Waals surface area contributed by atoms with Gasteiger partial charge in [0.25, 0.3) is 0 Å². The fraction of sp³-hybridized carbons (Fsp3) is 0.333. The van der Waals surface area contributed by atoms with Crippen LogP contribution in [0.4, 0.5) is 31.8 Å². The first-order chi connectivity index (χ1) is 15.4. The minimum absolute atomic E-state index is 0.00838. The Kier molecular flexibility index (Phi) is 6.12. The summed E-state index contributed by atoms with van der Waals surface area (Å²) in [5.74, 6) is -0.807. The first-order valence-electron chi connectivity index (χ1n) is 10.8. The zero-order valence-electron chi connectivity index (χ0n) is 18.5. The number of fused-ring (bicyclic) bond motifs is 1. The minimum atomic E-state index is -0.638. The molecule has 0 atom stereocenters. The van der Waals surface area contributed by atoms with E-state index < -0.39 is 11.6 Å². The van der Waals surface area contributed by atoms with Crippen LogP contribution in [-0.2, 0) is 6.42 Å². The second-order valence-electron chi connectivity index (χ2n) is 8.12. The molecule has 1 aliphatic rings. The Balaban J connectivity index is 1.69. The number of aryl methyl sites for hydroxylation is 1. The van der Waals surface area contributed by atoms with Crippen molar-refractivity contribution < 1.29 is 13.5 Å². The van der Waals surface area contributed by atoms with Crippen molar-refractivity contribution in [1.82, 2.24) is 9.97 Å². The molecule has 0 spiro atoms. The minimum Gasteiger partial charge on any atom is -0.486 e. The standard InChI is InChI=1S/C24H27F2N5O/c1-4-5-15-6-7-17(12-20(15)27)29-24-28-13-19(26)22(30-24)16-10-18(25)23-21(11-16)31(14(2)3)8-9-32-23/h6-7,10-14H,4-5,8-9,27H2,1-3H3,(H,28,29,30). The molecule has 8 heteroatoms. The third kappa shape index (κ3) is 4.30. The maximum Gasteiger partial charge on any atom is 0.227 e. The molecule has 0 saturated heterocycles. The SMILES string of the molecule is CCCc1ccc(Nc2ncc(F)c(-c3cc(F)c4c(c3)N(C(C)C)CCO4)n2)cc1N. The van der Waals surface area contributed by atoms with Crippen LogP contribution in [0, 0.1) is 11.6 Å². The maximum absolute atomic E-state index is 14.8. The van der Waals surface area contributed by atoms with Crippen LogP contribution in [0.15, 0.2) is 36.5 Å². The molecule has 0 amide bonds. The first-order valence-corrected chi connectivity index (χ1v) is 10.8. The highest BCUT2D eigenvalue weighted by Gasteiger charge is 2.25. The first kappa shape index (κ1) is 21.8. The van der Waals surface area contributed by atoms with Crippen LogP contribution in [0.5, 0.6) is 5.75 Å². The fourth-order valence-corrected chi connectivity index (χ4v) is 3.90. The number of nitrogens with two attached hydrogens (primary N) is 1. The summed E-state index contributed by atoms with van der Waals surface area (Å²) in [5.41, 5.74) is 9.47. The molecule has 6 nitrogen and oxygen atoms in total. The number of halogens is 2. The molecule has 1 aromatic heterocycles. The predicted molar refractivity (Wildman–Crippen MR) is 123 cm³/mol. The Morgan fingerprint density at radius 1 is 1.19 bits per heavy atom. The lowest BCUT2D eigenvalue weighted by atomic mass is 10.1. The van der Waals surface area contributed by atoms with Gasteiger partial charge in [0.2, 0.25) is 5.95 Å². The number of aromatic nitrogens is 2. The van der Waals surface area contributed by atoms with Crippen molar-refractivity contribution >= 4 is 23.0 Å². The molecule has 168 valence electrons. The van der Waals surface area contributed by atoms with Gasteiger partial charge in [-0.3, -0.25) is 0 Å². The Hall–Kier alpha value is -3.42. The van der Waals surface area contributed by atoms with Crippen molar-refractivity contribution in [2.75, 3.05) is 29.1 Å². The molecular weight excluding hydrogens is 412 g/mol. The lowest BCUT2D eigenvalue weighted by Crippen LogP contribution is -2.38. The number of nitrogens with zero attached hydrogens (tertiary/aromatic N) is 3. The summed E-state index contributed by atoms with van der Waals surface area (Å²) in [5, 5.41) is 3.06. The second-order valence-corrected chi connectivity index (χ2v) is 8.12. The van der Waals surface area contributed by atoms with E-state index in [1.54, 1.807) is 12.1 Å². The van der Waals surface area contributed by atoms with E-state index in [1.165, 1.54) is 6.07 Å². The Morgan fingerprint density at radius 2 is 2.00 bits per heavy atom. The summed E-state index contributed by atoms with van der Waals surface area (Å²) < 4.78 is 35.0. The number of ether oxygens (including phenoxy) is 1. The van der Waals surface area contributed by atoms with Crippen molar-refractivity contribution in [3.8, 4) is 17.0 Å². The highest BCUT2D eigenvalue weighted by Crippen LogP contribution is 2.39. The third-order valence-corrected chi connectivity index (χ3v) is 5.47. The van der Waals surface area contributed by atoms with Crippen LogP contribution in [0.25, 0.3) is 11.3 Å². The number of hydrogen-bond acceptors (Lipinski definition) is 6. The molecule has 2 aromatic carbocycles. The molecule has 0 saturated carbocycles. The second kappa shape index (κ2) is 8.98. The van der Waals surface area contributed by atoms with Gasteiger partial charge in [-0.1, -0.05) is 19.4 Å². The topological polar surface area (TPSA) is 76.3 Å². The highest BCUT2D eigenvalue weighted by atomic mass is 19.1. The highest BCUT2D eigenvalue weighted by molar-refractivity contribution is 5.73. The van der Waals surface area contributed by atoms with Crippen molar-refractivity contribution in [3.63, 3.8) is 0 Å². The molecule has 0 fully saturated rings. The van der Waals surface area contributed by atoms with Gasteiger partial charge in [-0.25, -0.2) is 18.7 Å². The van der Waals surface area contributed by atoms with E-state index in [9.17, 15) is 8.78 Å². The van der Waals surface area contributed by atoms with E-state index in [1.807, 2.05) is 30.9 Å². The largest absolute Gasteiger partial charge is 0.486 e. The van der Waals surface area contributed by atoms with Gasteiger partial charge in [0.05, 0.1) is 18.4 Å². The fourth-order valence-electron chi connectivity index (χ4n) is 3.90. The summed E-state index contributed by atoms with van der Waals surface area (Å²) in [6, 6.07) is 8.73. The van der Waals surface area contributed by atoms with Crippen LogP contribution in [0.2, 0.25) is 0 Å². The van der Waals surface area contributed by atoms with E-state index in [4.69, 9.17) is 10.5 Å². The lowest BCUT2D eigenvalue weighted by Gasteiger charge is -2.34. The van der Waals surface area contributed by atoms with Crippen LogP contribution in [0.3, 0.4) is 0 Å². The molecular formula is C24H27F2N5O. The van der Waals surface area contributed by atoms with Gasteiger partial charge in [-0.15, -0.1) is 0 Å². The van der Waals surface area contributed by atoms with Crippen LogP contribution in [-0.4, -0.2) is 29.2 Å².